The number of esters is 1. The first-order valence-electron chi connectivity index (χ1n) is 15.2. The Bertz CT molecular complexity index is 1400. The Morgan fingerprint density at radius 3 is 2.48 bits per heavy atom. The summed E-state index contributed by atoms with van der Waals surface area (Å²) < 4.78 is 42.7. The van der Waals surface area contributed by atoms with E-state index in [-0.39, 0.29) is 61.5 Å². The Morgan fingerprint density at radius 2 is 1.86 bits per heavy atom. The fourth-order valence-corrected chi connectivity index (χ4v) is 11.0. The van der Waals surface area contributed by atoms with E-state index in [0.29, 0.717) is 12.8 Å². The Kier molecular flexibility index (Phi) is 9.27. The third kappa shape index (κ3) is 4.92. The number of carbonyl (C=O) groups excluding carboxylic acids is 3. The standard InChI is InChI=1S/C32H41Cl2O9P/c1-6-41-44(38,42-7-2)19-40-27-16-30(5)25(24-9-8-22-15-23(35)10-12-29(22,4)31(24,27)34)14-20(3)32(30,26(36)17-33)43-28(37)21-11-13-39-18-21/h8,10-13,18,20,24-25,27H,6-7,9,14-17,19H2,1-5H3/t20-,24+,25+,27+,29+,30+,31+,32+/m1/s1. The average molecular weight is 672 g/mol. The number of hydrogen-bond donors (Lipinski definition) is 0. The lowest BCUT2D eigenvalue weighted by atomic mass is 9.46. The van der Waals surface area contributed by atoms with E-state index >= 15 is 0 Å². The fraction of sp³-hybridized carbons (Fsp3) is 0.656. The van der Waals surface area contributed by atoms with Crippen molar-refractivity contribution in [3.63, 3.8) is 0 Å². The van der Waals surface area contributed by atoms with Crippen LogP contribution in [-0.4, -0.2) is 59.6 Å². The zero-order valence-electron chi connectivity index (χ0n) is 25.8. The van der Waals surface area contributed by atoms with Crippen molar-refractivity contribution in [3.8, 4) is 0 Å². The molecule has 0 aliphatic heterocycles. The molecular weight excluding hydrogens is 630 g/mol. The minimum atomic E-state index is -3.66. The van der Waals surface area contributed by atoms with Crippen LogP contribution in [0.1, 0.15) is 70.7 Å². The summed E-state index contributed by atoms with van der Waals surface area (Å²) >= 11 is 14.2. The van der Waals surface area contributed by atoms with Crippen molar-refractivity contribution in [3.05, 3.63) is 48.0 Å². The van der Waals surface area contributed by atoms with E-state index in [0.717, 1.165) is 5.57 Å². The summed E-state index contributed by atoms with van der Waals surface area (Å²) in [5, 5.41) is 0. The maximum absolute atomic E-state index is 14.0. The molecule has 2 saturated carbocycles. The third-order valence-electron chi connectivity index (χ3n) is 10.8. The van der Waals surface area contributed by atoms with Crippen molar-refractivity contribution in [2.45, 2.75) is 76.9 Å². The SMILES string of the molecule is CCOP(=O)(CO[C@H]1C[C@@]2(C)[C@@H](C[C@@H](C)[C@]2(OC(=O)c2ccoc2)C(=O)CCl)[C@@H]2CC=C3CC(=O)C=C[C@]3(C)[C@@]12Cl)OCC. The molecule has 4 aliphatic rings. The molecule has 9 nitrogen and oxygen atoms in total. The van der Waals surface area contributed by atoms with E-state index in [4.69, 9.17) is 46.1 Å². The first-order valence-corrected chi connectivity index (χ1v) is 17.8. The largest absolute Gasteiger partial charge is 0.472 e. The molecule has 0 spiro atoms. The average Bonchev–Trinajstić information content (AvgIpc) is 3.59. The molecule has 4 aliphatic carbocycles. The number of fused-ring (bicyclic) bond motifs is 5. The number of carbonyl (C=O) groups is 3. The summed E-state index contributed by atoms with van der Waals surface area (Å²) in [6, 6.07) is 1.49. The van der Waals surface area contributed by atoms with Crippen LogP contribution >= 0.6 is 30.8 Å². The van der Waals surface area contributed by atoms with Gasteiger partial charge >= 0.3 is 13.6 Å². The molecule has 0 bridgehead atoms. The molecule has 0 saturated heterocycles. The molecule has 0 amide bonds. The highest BCUT2D eigenvalue weighted by Gasteiger charge is 2.76. The van der Waals surface area contributed by atoms with E-state index in [1.165, 1.54) is 18.6 Å². The number of rotatable bonds is 11. The molecular formula is C32H41Cl2O9P. The molecule has 242 valence electrons. The summed E-state index contributed by atoms with van der Waals surface area (Å²) in [6.45, 7) is 9.63. The van der Waals surface area contributed by atoms with Crippen molar-refractivity contribution in [1.29, 1.82) is 0 Å². The van der Waals surface area contributed by atoms with Crippen molar-refractivity contribution >= 4 is 48.3 Å². The van der Waals surface area contributed by atoms with E-state index in [9.17, 15) is 18.9 Å². The maximum atomic E-state index is 14.0. The molecule has 0 radical (unpaired) electrons. The zero-order chi connectivity index (χ0) is 32.1. The van der Waals surface area contributed by atoms with Crippen molar-refractivity contribution in [2.24, 2.45) is 28.6 Å². The first kappa shape index (κ1) is 33.6. The molecule has 1 heterocycles. The van der Waals surface area contributed by atoms with Gasteiger partial charge in [0, 0.05) is 23.2 Å². The Balaban J connectivity index is 1.65. The summed E-state index contributed by atoms with van der Waals surface area (Å²) in [4.78, 5) is 38.9. The third-order valence-corrected chi connectivity index (χ3v) is 13.7. The van der Waals surface area contributed by atoms with Gasteiger partial charge < -0.3 is 22.9 Å². The van der Waals surface area contributed by atoms with E-state index in [1.54, 1.807) is 19.9 Å². The first-order chi connectivity index (χ1) is 20.8. The lowest BCUT2D eigenvalue weighted by molar-refractivity contribution is -0.180. The summed E-state index contributed by atoms with van der Waals surface area (Å²) in [5.41, 5.74) is -2.25. The molecule has 44 heavy (non-hydrogen) atoms. The number of Topliss-reactive ketones (excluding diaryl/α,β-unsaturated/α-hetero) is 1. The molecule has 2 fully saturated rings. The van der Waals surface area contributed by atoms with Crippen LogP contribution in [0, 0.1) is 28.6 Å². The zero-order valence-corrected chi connectivity index (χ0v) is 28.2. The maximum Gasteiger partial charge on any atom is 0.356 e. The summed E-state index contributed by atoms with van der Waals surface area (Å²) in [6.07, 6.45) is 8.50. The van der Waals surface area contributed by atoms with Gasteiger partial charge in [0.05, 0.1) is 41.9 Å². The van der Waals surface area contributed by atoms with Crippen LogP contribution in [0.15, 0.2) is 46.8 Å². The molecule has 0 unspecified atom stereocenters. The highest BCUT2D eigenvalue weighted by Crippen LogP contribution is 2.72. The molecule has 12 heteroatoms. The van der Waals surface area contributed by atoms with Gasteiger partial charge in [0.25, 0.3) is 0 Å². The molecule has 1 aromatic heterocycles. The second-order valence-electron chi connectivity index (χ2n) is 12.8. The fourth-order valence-electron chi connectivity index (χ4n) is 8.82. The Hall–Kier alpha value is -1.74. The molecule has 1 aromatic rings. The number of ketones is 2. The molecule has 5 rings (SSSR count). The van der Waals surface area contributed by atoms with Crippen LogP contribution in [0.4, 0.5) is 0 Å². The lowest BCUT2D eigenvalue weighted by Gasteiger charge is -2.64. The Morgan fingerprint density at radius 1 is 1.16 bits per heavy atom. The highest BCUT2D eigenvalue weighted by molar-refractivity contribution is 7.53. The van der Waals surface area contributed by atoms with Crippen LogP contribution in [0.25, 0.3) is 0 Å². The summed E-state index contributed by atoms with van der Waals surface area (Å²) in [5.74, 6) is -2.30. The smallest absolute Gasteiger partial charge is 0.356 e. The number of allylic oxidation sites excluding steroid dienone is 4. The number of alkyl halides is 2. The van der Waals surface area contributed by atoms with Gasteiger partial charge in [0.15, 0.2) is 17.2 Å². The minimum absolute atomic E-state index is 0.00451. The normalized spacial score (nSPS) is 38.0. The van der Waals surface area contributed by atoms with E-state index < -0.39 is 52.7 Å². The van der Waals surface area contributed by atoms with Gasteiger partial charge in [-0.25, -0.2) is 4.79 Å². The molecule has 0 aromatic carbocycles. The lowest BCUT2D eigenvalue weighted by Crippen LogP contribution is -2.69. The Labute approximate surface area is 268 Å². The predicted octanol–water partition coefficient (Wildman–Crippen LogP) is 7.12. The highest BCUT2D eigenvalue weighted by atomic mass is 35.5. The van der Waals surface area contributed by atoms with Gasteiger partial charge in [-0.05, 0) is 57.1 Å². The number of furan rings is 1. The topological polar surface area (TPSA) is 118 Å². The van der Waals surface area contributed by atoms with Gasteiger partial charge in [-0.1, -0.05) is 38.5 Å². The van der Waals surface area contributed by atoms with Crippen molar-refractivity contribution < 1.29 is 41.9 Å². The number of halogens is 2. The quantitative estimate of drug-likeness (QED) is 0.105. The van der Waals surface area contributed by atoms with Crippen molar-refractivity contribution in [1.82, 2.24) is 0 Å². The van der Waals surface area contributed by atoms with E-state index in [1.807, 2.05) is 26.8 Å². The molecule has 8 atom stereocenters. The monoisotopic (exact) mass is 670 g/mol. The number of ether oxygens (including phenoxy) is 2. The summed E-state index contributed by atoms with van der Waals surface area (Å²) in [7, 11) is -3.66. The molecule has 0 N–H and O–H groups in total. The van der Waals surface area contributed by atoms with Crippen LogP contribution in [-0.2, 0) is 32.7 Å². The van der Waals surface area contributed by atoms with Crippen LogP contribution in [0.5, 0.6) is 0 Å². The minimum Gasteiger partial charge on any atom is -0.472 e. The van der Waals surface area contributed by atoms with Crippen LogP contribution in [0.2, 0.25) is 0 Å². The van der Waals surface area contributed by atoms with Crippen LogP contribution < -0.4 is 0 Å². The van der Waals surface area contributed by atoms with Crippen LogP contribution in [0.3, 0.4) is 0 Å². The van der Waals surface area contributed by atoms with Gasteiger partial charge in [-0.2, -0.15) is 0 Å². The second-order valence-corrected chi connectivity index (χ2v) is 15.7. The van der Waals surface area contributed by atoms with E-state index in [2.05, 4.69) is 6.08 Å². The predicted molar refractivity (Wildman–Crippen MR) is 165 cm³/mol. The second kappa shape index (κ2) is 12.1. The van der Waals surface area contributed by atoms with Gasteiger partial charge in [0.1, 0.15) is 12.6 Å². The number of hydrogen-bond acceptors (Lipinski definition) is 9. The van der Waals surface area contributed by atoms with Crippen molar-refractivity contribution in [2.75, 3.05) is 25.4 Å². The van der Waals surface area contributed by atoms with Gasteiger partial charge in [-0.15, -0.1) is 23.2 Å². The van der Waals surface area contributed by atoms with Gasteiger partial charge in [0.2, 0.25) is 0 Å². The van der Waals surface area contributed by atoms with Gasteiger partial charge in [-0.3, -0.25) is 14.2 Å².